The highest BCUT2D eigenvalue weighted by Gasteiger charge is 2.18. The van der Waals surface area contributed by atoms with Gasteiger partial charge >= 0.3 is 5.76 Å². The van der Waals surface area contributed by atoms with Crippen LogP contribution in [0.1, 0.15) is 5.56 Å². The molecule has 0 unspecified atom stereocenters. The van der Waals surface area contributed by atoms with Crippen LogP contribution in [-0.2, 0) is 7.05 Å². The number of nitrogens with zero attached hydrogens (tertiary/aromatic N) is 2. The van der Waals surface area contributed by atoms with Crippen molar-refractivity contribution >= 4 is 27.3 Å². The molecule has 1 aromatic carbocycles. The standard InChI is InChI=1S/C15H12BrFN4O3/c1-7-12(18-11-4-3-8(16)5-10(11)17)9(6-21(2)14(7)22)13-19-20-15(23)24-13/h3-6,18H,1-2H3,(H,20,23). The molecule has 0 bridgehead atoms. The van der Waals surface area contributed by atoms with Crippen LogP contribution < -0.4 is 16.6 Å². The van der Waals surface area contributed by atoms with Gasteiger partial charge in [0.2, 0.25) is 0 Å². The average molecular weight is 395 g/mol. The van der Waals surface area contributed by atoms with Crippen molar-refractivity contribution < 1.29 is 8.81 Å². The molecule has 0 fully saturated rings. The van der Waals surface area contributed by atoms with Crippen molar-refractivity contribution in [2.45, 2.75) is 6.92 Å². The normalized spacial score (nSPS) is 10.8. The third kappa shape index (κ3) is 2.90. The summed E-state index contributed by atoms with van der Waals surface area (Å²) in [5.74, 6) is -1.23. The van der Waals surface area contributed by atoms with E-state index in [1.807, 2.05) is 0 Å². The first-order valence-electron chi connectivity index (χ1n) is 6.85. The second-order valence-electron chi connectivity index (χ2n) is 5.13. The molecule has 3 rings (SSSR count). The third-order valence-electron chi connectivity index (χ3n) is 3.47. The molecule has 0 amide bonds. The first kappa shape index (κ1) is 16.2. The van der Waals surface area contributed by atoms with Crippen molar-refractivity contribution in [3.8, 4) is 11.5 Å². The Bertz CT molecular complexity index is 1040. The van der Waals surface area contributed by atoms with E-state index in [0.717, 1.165) is 0 Å². The van der Waals surface area contributed by atoms with E-state index in [-0.39, 0.29) is 17.1 Å². The Morgan fingerprint density at radius 2 is 2.12 bits per heavy atom. The molecule has 7 nitrogen and oxygen atoms in total. The van der Waals surface area contributed by atoms with Gasteiger partial charge in [-0.2, -0.15) is 0 Å². The summed E-state index contributed by atoms with van der Waals surface area (Å²) in [5.41, 5.74) is 0.915. The number of hydrogen-bond donors (Lipinski definition) is 2. The predicted molar refractivity (Wildman–Crippen MR) is 89.9 cm³/mol. The van der Waals surface area contributed by atoms with Crippen molar-refractivity contribution in [1.29, 1.82) is 0 Å². The van der Waals surface area contributed by atoms with E-state index in [4.69, 9.17) is 4.42 Å². The maximum atomic E-state index is 14.1. The highest BCUT2D eigenvalue weighted by molar-refractivity contribution is 9.10. The first-order chi connectivity index (χ1) is 11.4. The summed E-state index contributed by atoms with van der Waals surface area (Å²) in [6, 6.07) is 4.49. The second-order valence-corrected chi connectivity index (χ2v) is 6.04. The van der Waals surface area contributed by atoms with Crippen LogP contribution >= 0.6 is 15.9 Å². The van der Waals surface area contributed by atoms with Crippen molar-refractivity contribution in [1.82, 2.24) is 14.8 Å². The monoisotopic (exact) mass is 394 g/mol. The Balaban J connectivity index is 2.20. The Hall–Kier alpha value is -2.68. The van der Waals surface area contributed by atoms with E-state index in [2.05, 4.69) is 31.4 Å². The van der Waals surface area contributed by atoms with E-state index >= 15 is 0 Å². The van der Waals surface area contributed by atoms with E-state index < -0.39 is 11.6 Å². The minimum Gasteiger partial charge on any atom is -0.388 e. The minimum atomic E-state index is -0.725. The van der Waals surface area contributed by atoms with Gasteiger partial charge in [0.1, 0.15) is 5.82 Å². The molecule has 2 N–H and O–H groups in total. The van der Waals surface area contributed by atoms with Gasteiger partial charge in [0.25, 0.3) is 11.4 Å². The molecule has 0 radical (unpaired) electrons. The van der Waals surface area contributed by atoms with Gasteiger partial charge in [-0.05, 0) is 25.1 Å². The summed E-state index contributed by atoms with van der Waals surface area (Å²) in [6.45, 7) is 1.59. The number of halogens is 2. The molecule has 0 atom stereocenters. The summed E-state index contributed by atoms with van der Waals surface area (Å²) in [5, 5.41) is 8.83. The van der Waals surface area contributed by atoms with Crippen molar-refractivity contribution in [3.63, 3.8) is 0 Å². The maximum Gasteiger partial charge on any atom is 0.434 e. The number of H-pyrrole nitrogens is 1. The molecule has 0 aliphatic rings. The predicted octanol–water partition coefficient (Wildman–Crippen LogP) is 2.68. The van der Waals surface area contributed by atoms with Crippen LogP contribution in [0.25, 0.3) is 11.5 Å². The number of benzene rings is 1. The lowest BCUT2D eigenvalue weighted by Gasteiger charge is -2.15. The fourth-order valence-electron chi connectivity index (χ4n) is 2.28. The molecule has 0 aliphatic carbocycles. The highest BCUT2D eigenvalue weighted by atomic mass is 79.9. The lowest BCUT2D eigenvalue weighted by Crippen LogP contribution is -2.21. The number of nitrogens with one attached hydrogen (secondary N) is 2. The molecular formula is C15H12BrFN4O3. The van der Waals surface area contributed by atoms with E-state index in [0.29, 0.717) is 21.3 Å². The van der Waals surface area contributed by atoms with Gasteiger partial charge in [-0.3, -0.25) is 4.79 Å². The zero-order chi connectivity index (χ0) is 17.4. The third-order valence-corrected chi connectivity index (χ3v) is 3.96. The zero-order valence-electron chi connectivity index (χ0n) is 12.7. The van der Waals surface area contributed by atoms with Gasteiger partial charge in [-0.15, -0.1) is 5.10 Å². The Kier molecular flexibility index (Phi) is 4.10. The smallest absolute Gasteiger partial charge is 0.388 e. The van der Waals surface area contributed by atoms with Gasteiger partial charge in [-0.25, -0.2) is 14.3 Å². The van der Waals surface area contributed by atoms with Gasteiger partial charge in [-0.1, -0.05) is 15.9 Å². The average Bonchev–Trinajstić information content (AvgIpc) is 2.96. The topological polar surface area (TPSA) is 92.9 Å². The Morgan fingerprint density at radius 3 is 2.75 bits per heavy atom. The van der Waals surface area contributed by atoms with E-state index in [9.17, 15) is 14.0 Å². The summed E-state index contributed by atoms with van der Waals surface area (Å²) < 4.78 is 21.0. The summed E-state index contributed by atoms with van der Waals surface area (Å²) in [7, 11) is 1.56. The molecule has 24 heavy (non-hydrogen) atoms. The second kappa shape index (κ2) is 6.08. The highest BCUT2D eigenvalue weighted by Crippen LogP contribution is 2.31. The van der Waals surface area contributed by atoms with Crippen molar-refractivity contribution in [2.24, 2.45) is 7.05 Å². The van der Waals surface area contributed by atoms with Gasteiger partial charge in [0.15, 0.2) is 0 Å². The molecule has 9 heteroatoms. The number of hydrogen-bond acceptors (Lipinski definition) is 5. The summed E-state index contributed by atoms with van der Waals surface area (Å²) in [4.78, 5) is 23.4. The van der Waals surface area contributed by atoms with Crippen LogP contribution in [0.4, 0.5) is 15.8 Å². The molecule has 2 aromatic heterocycles. The van der Waals surface area contributed by atoms with Crippen LogP contribution in [0.2, 0.25) is 0 Å². The lowest BCUT2D eigenvalue weighted by molar-refractivity contribution is 0.526. The van der Waals surface area contributed by atoms with E-state index in [1.54, 1.807) is 20.0 Å². The van der Waals surface area contributed by atoms with E-state index in [1.165, 1.54) is 22.9 Å². The molecule has 124 valence electrons. The Morgan fingerprint density at radius 1 is 1.38 bits per heavy atom. The largest absolute Gasteiger partial charge is 0.434 e. The maximum absolute atomic E-state index is 14.1. The first-order valence-corrected chi connectivity index (χ1v) is 7.64. The molecule has 2 heterocycles. The molecule has 0 aliphatic heterocycles. The lowest BCUT2D eigenvalue weighted by atomic mass is 10.1. The molecule has 0 saturated carbocycles. The Labute approximate surface area is 143 Å². The number of anilines is 2. The van der Waals surface area contributed by atoms with Crippen LogP contribution in [0.5, 0.6) is 0 Å². The van der Waals surface area contributed by atoms with Gasteiger partial charge in [0.05, 0.1) is 16.9 Å². The number of aromatic nitrogens is 3. The SMILES string of the molecule is Cc1c(Nc2ccc(Br)cc2F)c(-c2n[nH]c(=O)o2)cn(C)c1=O. The fraction of sp³-hybridized carbons (Fsp3) is 0.133. The number of rotatable bonds is 3. The van der Waals surface area contributed by atoms with Crippen LogP contribution in [0, 0.1) is 12.7 Å². The molecule has 0 saturated heterocycles. The van der Waals surface area contributed by atoms with Crippen LogP contribution in [-0.4, -0.2) is 14.8 Å². The molecule has 0 spiro atoms. The molecule has 3 aromatic rings. The van der Waals surface area contributed by atoms with Crippen LogP contribution in [0.3, 0.4) is 0 Å². The number of aromatic amines is 1. The quantitative estimate of drug-likeness (QED) is 0.712. The van der Waals surface area contributed by atoms with Gasteiger partial charge in [0, 0.05) is 23.3 Å². The van der Waals surface area contributed by atoms with Crippen LogP contribution in [0.15, 0.2) is 42.9 Å². The fourth-order valence-corrected chi connectivity index (χ4v) is 2.62. The number of pyridine rings is 1. The zero-order valence-corrected chi connectivity index (χ0v) is 14.3. The van der Waals surface area contributed by atoms with Gasteiger partial charge < -0.3 is 14.3 Å². The number of aryl methyl sites for hydroxylation is 1. The van der Waals surface area contributed by atoms with Crippen molar-refractivity contribution in [3.05, 3.63) is 61.2 Å². The summed E-state index contributed by atoms with van der Waals surface area (Å²) in [6.07, 6.45) is 1.47. The minimum absolute atomic E-state index is 0.00119. The molecular weight excluding hydrogens is 383 g/mol. The van der Waals surface area contributed by atoms with Crippen molar-refractivity contribution in [2.75, 3.05) is 5.32 Å². The summed E-state index contributed by atoms with van der Waals surface area (Å²) >= 11 is 3.19.